The predicted octanol–water partition coefficient (Wildman–Crippen LogP) is 3.04. The van der Waals surface area contributed by atoms with Crippen LogP contribution < -0.4 is 4.90 Å². The minimum atomic E-state index is -0.887. The second-order valence-electron chi connectivity index (χ2n) is 5.51. The van der Waals surface area contributed by atoms with Crippen LogP contribution >= 0.6 is 41.9 Å². The Balaban J connectivity index is 2.04. The monoisotopic (exact) mass is 424 g/mol. The average Bonchev–Trinajstić information content (AvgIpc) is 2.54. The van der Waals surface area contributed by atoms with Crippen LogP contribution in [0.25, 0.3) is 0 Å². The molecule has 7 heteroatoms. The van der Waals surface area contributed by atoms with Crippen LogP contribution in [-0.4, -0.2) is 48.7 Å². The van der Waals surface area contributed by atoms with E-state index in [1.807, 2.05) is 12.1 Å². The highest BCUT2D eigenvalue weighted by molar-refractivity contribution is 9.25. The van der Waals surface area contributed by atoms with E-state index in [1.54, 1.807) is 11.1 Å². The third-order valence-corrected chi connectivity index (χ3v) is 5.88. The van der Waals surface area contributed by atoms with Gasteiger partial charge in [0.1, 0.15) is 12.5 Å². The number of hydrogen-bond donors (Lipinski definition) is 0. The summed E-state index contributed by atoms with van der Waals surface area (Å²) < 4.78 is 4.77. The van der Waals surface area contributed by atoms with Crippen LogP contribution in [0.2, 0.25) is 0 Å². The number of amides is 1. The molecule has 2 rings (SSSR count). The number of anilines is 1. The fourth-order valence-electron chi connectivity index (χ4n) is 1.82. The van der Waals surface area contributed by atoms with Crippen LogP contribution in [0, 0.1) is 0 Å². The van der Waals surface area contributed by atoms with Crippen molar-refractivity contribution in [2.75, 3.05) is 42.8 Å². The van der Waals surface area contributed by atoms with E-state index in [2.05, 4.69) is 55.6 Å². The lowest BCUT2D eigenvalue weighted by Gasteiger charge is -2.25. The van der Waals surface area contributed by atoms with Crippen molar-refractivity contribution in [2.45, 2.75) is 3.23 Å². The number of pyridine rings is 1. The molecule has 0 aliphatic carbocycles. The Kier molecular flexibility index (Phi) is 4.83. The van der Waals surface area contributed by atoms with Crippen LogP contribution in [0.15, 0.2) is 18.3 Å². The minimum absolute atomic E-state index is 0.102. The zero-order valence-electron chi connectivity index (χ0n) is 11.7. The van der Waals surface area contributed by atoms with Crippen molar-refractivity contribution in [2.24, 2.45) is 0 Å². The zero-order valence-corrected chi connectivity index (χ0v) is 15.7. The van der Waals surface area contributed by atoms with Crippen molar-refractivity contribution in [3.05, 3.63) is 23.9 Å². The number of carbonyl (C=O) groups excluding carboxylic acids is 1. The molecule has 1 aromatic heterocycles. The van der Waals surface area contributed by atoms with Crippen molar-refractivity contribution in [1.82, 2.24) is 4.98 Å². The van der Waals surface area contributed by atoms with Crippen molar-refractivity contribution in [3.8, 4) is 0 Å². The van der Waals surface area contributed by atoms with Gasteiger partial charge in [-0.25, -0.2) is 15.0 Å². The second-order valence-corrected chi connectivity index (χ2v) is 13.5. The Hall–Kier alpha value is -0.110. The summed E-state index contributed by atoms with van der Waals surface area (Å²) in [7, 11) is -0.579. The standard InChI is InChI=1S/C13H18Br2N2O2S/c1-20(2,3)8-7-19-9-17-11-10(5-4-6-16-11)13(14,15)12(17)18/h4-6H,7-9H2,1-3H3. The van der Waals surface area contributed by atoms with Crippen LogP contribution in [-0.2, 0) is 12.8 Å². The first-order chi connectivity index (χ1) is 9.23. The normalized spacial score (nSPS) is 18.2. The predicted molar refractivity (Wildman–Crippen MR) is 92.3 cm³/mol. The highest BCUT2D eigenvalue weighted by Gasteiger charge is 2.48. The number of hydrogen-bond acceptors (Lipinski definition) is 3. The van der Waals surface area contributed by atoms with E-state index < -0.39 is 13.3 Å². The molecule has 4 nitrogen and oxygen atoms in total. The summed E-state index contributed by atoms with van der Waals surface area (Å²) in [6.45, 7) is 0.889. The van der Waals surface area contributed by atoms with Gasteiger partial charge in [-0.1, -0.05) is 37.9 Å². The number of ether oxygens (including phenoxy) is 1. The maximum Gasteiger partial charge on any atom is 0.262 e. The topological polar surface area (TPSA) is 42.4 Å². The molecule has 0 unspecified atom stereocenters. The molecule has 1 aliphatic rings. The average molecular weight is 426 g/mol. The molecule has 0 spiro atoms. The fraction of sp³-hybridized carbons (Fsp3) is 0.538. The number of rotatable bonds is 5. The summed E-state index contributed by atoms with van der Waals surface area (Å²) in [6.07, 6.45) is 8.42. The molecule has 0 bridgehead atoms. The number of halogens is 2. The molecular weight excluding hydrogens is 408 g/mol. The summed E-state index contributed by atoms with van der Waals surface area (Å²) in [6, 6.07) is 3.69. The van der Waals surface area contributed by atoms with Crippen molar-refractivity contribution < 1.29 is 9.53 Å². The first kappa shape index (κ1) is 16.3. The molecule has 2 heterocycles. The SMILES string of the molecule is CS(C)(C)CCOCN1C(=O)C(Br)(Br)c2cccnc21. The number of fused-ring (bicyclic) bond motifs is 1. The summed E-state index contributed by atoms with van der Waals surface area (Å²) in [4.78, 5) is 18.2. The second kappa shape index (κ2) is 5.94. The smallest absolute Gasteiger partial charge is 0.262 e. The Morgan fingerprint density at radius 1 is 1.40 bits per heavy atom. The van der Waals surface area contributed by atoms with E-state index in [4.69, 9.17) is 4.74 Å². The summed E-state index contributed by atoms with van der Waals surface area (Å²) in [5.74, 6) is 1.57. The van der Waals surface area contributed by atoms with E-state index in [0.29, 0.717) is 12.4 Å². The summed E-state index contributed by atoms with van der Waals surface area (Å²) >= 11 is 6.84. The molecule has 1 aromatic rings. The van der Waals surface area contributed by atoms with Gasteiger partial charge in [0.15, 0.2) is 3.23 Å². The molecule has 0 fully saturated rings. The third kappa shape index (κ3) is 3.37. The molecule has 112 valence electrons. The van der Waals surface area contributed by atoms with Crippen LogP contribution in [0.5, 0.6) is 0 Å². The number of nitrogens with zero attached hydrogens (tertiary/aromatic N) is 2. The molecule has 0 saturated heterocycles. The molecule has 0 atom stereocenters. The van der Waals surface area contributed by atoms with Crippen LogP contribution in [0.3, 0.4) is 0 Å². The molecule has 0 N–H and O–H groups in total. The van der Waals surface area contributed by atoms with Gasteiger partial charge in [-0.05, 0) is 24.8 Å². The quantitative estimate of drug-likeness (QED) is 0.537. The van der Waals surface area contributed by atoms with E-state index >= 15 is 0 Å². The van der Waals surface area contributed by atoms with Gasteiger partial charge in [-0.2, -0.15) is 0 Å². The molecule has 1 aliphatic heterocycles. The fourth-order valence-corrected chi connectivity index (χ4v) is 3.49. The zero-order chi connectivity index (χ0) is 15.0. The number of aromatic nitrogens is 1. The van der Waals surface area contributed by atoms with E-state index in [9.17, 15) is 4.79 Å². The minimum Gasteiger partial charge on any atom is -0.360 e. The van der Waals surface area contributed by atoms with Gasteiger partial charge in [0.05, 0.1) is 6.61 Å². The van der Waals surface area contributed by atoms with Crippen molar-refractivity contribution >= 4 is 53.6 Å². The maximum absolute atomic E-state index is 12.4. The van der Waals surface area contributed by atoms with Crippen molar-refractivity contribution in [1.29, 1.82) is 0 Å². The van der Waals surface area contributed by atoms with Gasteiger partial charge in [-0.3, -0.25) is 9.69 Å². The van der Waals surface area contributed by atoms with Gasteiger partial charge in [0, 0.05) is 17.5 Å². The highest BCUT2D eigenvalue weighted by Crippen LogP contribution is 2.49. The number of carbonyl (C=O) groups is 1. The van der Waals surface area contributed by atoms with Crippen LogP contribution in [0.4, 0.5) is 5.82 Å². The maximum atomic E-state index is 12.4. The van der Waals surface area contributed by atoms with E-state index in [0.717, 1.165) is 11.3 Å². The Morgan fingerprint density at radius 3 is 2.75 bits per heavy atom. The molecule has 0 aromatic carbocycles. The first-order valence-electron chi connectivity index (χ1n) is 6.12. The largest absolute Gasteiger partial charge is 0.360 e. The van der Waals surface area contributed by atoms with E-state index in [1.165, 1.54) is 0 Å². The number of alkyl halides is 2. The van der Waals surface area contributed by atoms with Gasteiger partial charge in [0.25, 0.3) is 5.91 Å². The third-order valence-electron chi connectivity index (χ3n) is 2.95. The van der Waals surface area contributed by atoms with Gasteiger partial charge in [0.2, 0.25) is 0 Å². The Labute approximate surface area is 137 Å². The lowest BCUT2D eigenvalue weighted by molar-refractivity contribution is -0.119. The van der Waals surface area contributed by atoms with E-state index in [-0.39, 0.29) is 12.6 Å². The van der Waals surface area contributed by atoms with Gasteiger partial charge < -0.3 is 4.74 Å². The Morgan fingerprint density at radius 2 is 2.10 bits per heavy atom. The molecule has 20 heavy (non-hydrogen) atoms. The lowest BCUT2D eigenvalue weighted by atomic mass is 10.2. The molecular formula is C13H18Br2N2O2S. The summed E-state index contributed by atoms with van der Waals surface area (Å²) in [5.41, 5.74) is 0.815. The molecule has 0 saturated carbocycles. The lowest BCUT2D eigenvalue weighted by Crippen LogP contribution is -2.35. The highest BCUT2D eigenvalue weighted by atomic mass is 79.9. The first-order valence-corrected chi connectivity index (χ1v) is 10.7. The van der Waals surface area contributed by atoms with Gasteiger partial charge in [-0.15, -0.1) is 0 Å². The Bertz CT molecular complexity index is 517. The van der Waals surface area contributed by atoms with Crippen LogP contribution in [0.1, 0.15) is 5.56 Å². The molecule has 1 amide bonds. The van der Waals surface area contributed by atoms with Gasteiger partial charge >= 0.3 is 0 Å². The summed E-state index contributed by atoms with van der Waals surface area (Å²) in [5, 5.41) is 0. The molecule has 0 radical (unpaired) electrons. The van der Waals surface area contributed by atoms with Crippen molar-refractivity contribution in [3.63, 3.8) is 0 Å².